The average Bonchev–Trinajstić information content (AvgIpc) is 3.45. The lowest BCUT2D eigenvalue weighted by molar-refractivity contribution is -0.104. The van der Waals surface area contributed by atoms with E-state index in [0.717, 1.165) is 12.8 Å². The molecular weight excluding hydrogens is 502 g/mol. The number of carbonyl (C=O) groups is 1. The van der Waals surface area contributed by atoms with Crippen molar-refractivity contribution in [3.05, 3.63) is 63.2 Å². The zero-order valence-electron chi connectivity index (χ0n) is 21.1. The molecule has 3 aromatic rings. The monoisotopic (exact) mass is 531 g/mol. The maximum absolute atomic E-state index is 14.3. The predicted octanol–water partition coefficient (Wildman–Crippen LogP) is 6.28. The van der Waals surface area contributed by atoms with E-state index in [2.05, 4.69) is 5.10 Å². The fourth-order valence-corrected chi connectivity index (χ4v) is 6.13. The maximum Gasteiger partial charge on any atom is 0.273 e. The molecule has 3 heterocycles. The summed E-state index contributed by atoms with van der Waals surface area (Å²) in [6.45, 7) is 2.38. The third-order valence-corrected chi connectivity index (χ3v) is 8.25. The summed E-state index contributed by atoms with van der Waals surface area (Å²) in [6.07, 6.45) is 4.18. The van der Waals surface area contributed by atoms with Gasteiger partial charge in [0.1, 0.15) is 11.7 Å². The third-order valence-electron chi connectivity index (χ3n) is 8.25. The van der Waals surface area contributed by atoms with Crippen molar-refractivity contribution < 1.29 is 27.1 Å². The van der Waals surface area contributed by atoms with Gasteiger partial charge in [-0.05, 0) is 42.7 Å². The molecule has 0 spiro atoms. The molecule has 0 bridgehead atoms. The van der Waals surface area contributed by atoms with Crippen LogP contribution in [0.15, 0.2) is 35.4 Å². The molecule has 1 unspecified atom stereocenters. The molecule has 1 saturated heterocycles. The second kappa shape index (κ2) is 9.03. The second-order valence-corrected chi connectivity index (χ2v) is 11.0. The van der Waals surface area contributed by atoms with Crippen molar-refractivity contribution in [2.75, 3.05) is 6.61 Å². The van der Waals surface area contributed by atoms with Gasteiger partial charge < -0.3 is 9.30 Å². The van der Waals surface area contributed by atoms with Gasteiger partial charge in [0, 0.05) is 56.3 Å². The number of pyridine rings is 1. The number of nitrogens with zero attached hydrogens (tertiary/aromatic N) is 3. The van der Waals surface area contributed by atoms with Gasteiger partial charge in [-0.25, -0.2) is 22.2 Å². The molecule has 2 aliphatic carbocycles. The molecule has 0 amide bonds. The molecule has 0 radical (unpaired) electrons. The molecule has 6 rings (SSSR count). The van der Waals surface area contributed by atoms with Crippen molar-refractivity contribution in [1.82, 2.24) is 14.3 Å². The molecule has 202 valence electrons. The van der Waals surface area contributed by atoms with Gasteiger partial charge in [0.25, 0.3) is 17.4 Å². The highest BCUT2D eigenvalue weighted by Gasteiger charge is 2.47. The number of hydrogen-bond acceptors (Lipinski definition) is 4. The van der Waals surface area contributed by atoms with Crippen molar-refractivity contribution in [1.29, 1.82) is 0 Å². The number of alkyl halides is 4. The Balaban J connectivity index is 1.37. The van der Waals surface area contributed by atoms with E-state index in [1.54, 1.807) is 23.0 Å². The average molecular weight is 532 g/mol. The van der Waals surface area contributed by atoms with E-state index in [1.807, 2.05) is 6.92 Å². The first-order chi connectivity index (χ1) is 18.0. The lowest BCUT2D eigenvalue weighted by Gasteiger charge is -2.36. The van der Waals surface area contributed by atoms with Gasteiger partial charge in [-0.15, -0.1) is 0 Å². The summed E-state index contributed by atoms with van der Waals surface area (Å²) in [5.41, 5.74) is 1.24. The van der Waals surface area contributed by atoms with Crippen LogP contribution in [0.2, 0.25) is 0 Å². The highest BCUT2D eigenvalue weighted by atomic mass is 19.3. The van der Waals surface area contributed by atoms with Gasteiger partial charge in [-0.3, -0.25) is 9.59 Å². The number of ether oxygens (including phenoxy) is 1. The van der Waals surface area contributed by atoms with E-state index >= 15 is 0 Å². The third kappa shape index (κ3) is 4.26. The van der Waals surface area contributed by atoms with E-state index in [0.29, 0.717) is 24.2 Å². The summed E-state index contributed by atoms with van der Waals surface area (Å²) in [6, 6.07) is 4.10. The topological polar surface area (TPSA) is 66.1 Å². The number of aromatic nitrogens is 3. The SMILES string of the molecule is C[C@@H](CC(=O)c1cn(C2CC(F)(F)C2)c(=O)c2cn(C3CCCCO3)nc12)c1cccc2c1CCC2(F)F. The first kappa shape index (κ1) is 25.3. The molecule has 3 aliphatic rings. The van der Waals surface area contributed by atoms with Gasteiger partial charge in [0.2, 0.25) is 0 Å². The molecule has 2 fully saturated rings. The van der Waals surface area contributed by atoms with Crippen LogP contribution in [0.25, 0.3) is 10.9 Å². The highest BCUT2D eigenvalue weighted by Crippen LogP contribution is 2.46. The number of halogens is 4. The maximum atomic E-state index is 14.3. The van der Waals surface area contributed by atoms with Crippen molar-refractivity contribution in [2.45, 2.75) is 88.3 Å². The molecule has 1 saturated carbocycles. The Labute approximate surface area is 216 Å². The van der Waals surface area contributed by atoms with Gasteiger partial charge in [-0.1, -0.05) is 25.1 Å². The molecule has 1 aliphatic heterocycles. The van der Waals surface area contributed by atoms with Crippen LogP contribution in [0, 0.1) is 0 Å². The van der Waals surface area contributed by atoms with Gasteiger partial charge in [-0.2, -0.15) is 5.10 Å². The van der Waals surface area contributed by atoms with Gasteiger partial charge in [0.15, 0.2) is 5.78 Å². The Kier molecular flexibility index (Phi) is 6.01. The summed E-state index contributed by atoms with van der Waals surface area (Å²) >= 11 is 0. The van der Waals surface area contributed by atoms with Crippen LogP contribution in [0.5, 0.6) is 0 Å². The number of carbonyl (C=O) groups excluding carboxylic acids is 1. The van der Waals surface area contributed by atoms with Crippen molar-refractivity contribution in [3.8, 4) is 0 Å². The Bertz CT molecular complexity index is 1460. The minimum atomic E-state index is -2.88. The summed E-state index contributed by atoms with van der Waals surface area (Å²) in [5.74, 6) is -6.40. The van der Waals surface area contributed by atoms with Crippen LogP contribution in [0.4, 0.5) is 17.6 Å². The quantitative estimate of drug-likeness (QED) is 0.277. The summed E-state index contributed by atoms with van der Waals surface area (Å²) < 4.78 is 64.6. The molecule has 2 aromatic heterocycles. The van der Waals surface area contributed by atoms with Crippen LogP contribution in [-0.4, -0.2) is 32.7 Å². The van der Waals surface area contributed by atoms with Crippen LogP contribution in [0.1, 0.15) is 97.1 Å². The number of Topliss-reactive ketones (excluding diaryl/α,β-unsaturated/α-hetero) is 1. The Hall–Kier alpha value is -3.01. The number of rotatable bonds is 6. The molecule has 1 aromatic carbocycles. The van der Waals surface area contributed by atoms with E-state index in [-0.39, 0.29) is 59.2 Å². The van der Waals surface area contributed by atoms with Crippen LogP contribution >= 0.6 is 0 Å². The summed E-state index contributed by atoms with van der Waals surface area (Å²) in [4.78, 5) is 27.0. The van der Waals surface area contributed by atoms with Crippen molar-refractivity contribution in [2.24, 2.45) is 0 Å². The van der Waals surface area contributed by atoms with E-state index < -0.39 is 36.3 Å². The molecule has 0 N–H and O–H groups in total. The zero-order chi connectivity index (χ0) is 26.8. The number of fused-ring (bicyclic) bond motifs is 2. The molecule has 10 heteroatoms. The fourth-order valence-electron chi connectivity index (χ4n) is 6.13. The Morgan fingerprint density at radius 2 is 1.97 bits per heavy atom. The smallest absolute Gasteiger partial charge is 0.273 e. The minimum Gasteiger partial charge on any atom is -0.357 e. The minimum absolute atomic E-state index is 0.00292. The standard InChI is InChI=1S/C28H29F4N3O3/c1-16(18-5-4-6-22-19(18)8-9-28(22,31)32)11-23(36)20-14-34(17-12-27(29,30)13-17)26(37)21-15-35(33-25(20)21)24-7-2-3-10-38-24/h4-6,14-17,24H,2-3,7-13H2,1H3/t16-,24?/m0/s1. The molecule has 38 heavy (non-hydrogen) atoms. The van der Waals surface area contributed by atoms with E-state index in [4.69, 9.17) is 4.74 Å². The first-order valence-corrected chi connectivity index (χ1v) is 13.2. The molecule has 2 atom stereocenters. The zero-order valence-corrected chi connectivity index (χ0v) is 21.1. The normalized spacial score (nSPS) is 23.2. The number of hydrogen-bond donors (Lipinski definition) is 0. The van der Waals surface area contributed by atoms with E-state index in [1.165, 1.54) is 16.8 Å². The van der Waals surface area contributed by atoms with Gasteiger partial charge in [0.05, 0.1) is 10.9 Å². The summed E-state index contributed by atoms with van der Waals surface area (Å²) in [5, 5.41) is 4.75. The Morgan fingerprint density at radius 3 is 2.68 bits per heavy atom. The van der Waals surface area contributed by atoms with Crippen LogP contribution in [0.3, 0.4) is 0 Å². The van der Waals surface area contributed by atoms with Crippen LogP contribution < -0.4 is 5.56 Å². The second-order valence-electron chi connectivity index (χ2n) is 11.0. The lowest BCUT2D eigenvalue weighted by atomic mass is 9.87. The predicted molar refractivity (Wildman–Crippen MR) is 132 cm³/mol. The Morgan fingerprint density at radius 1 is 1.18 bits per heavy atom. The van der Waals surface area contributed by atoms with E-state index in [9.17, 15) is 27.2 Å². The summed E-state index contributed by atoms with van der Waals surface area (Å²) in [7, 11) is 0. The molecular formula is C28H29F4N3O3. The van der Waals surface area contributed by atoms with Gasteiger partial charge >= 0.3 is 0 Å². The number of ketones is 1. The lowest BCUT2D eigenvalue weighted by Crippen LogP contribution is -2.41. The first-order valence-electron chi connectivity index (χ1n) is 13.2. The van der Waals surface area contributed by atoms with Crippen molar-refractivity contribution in [3.63, 3.8) is 0 Å². The fraction of sp³-hybridized carbons (Fsp3) is 0.536. The van der Waals surface area contributed by atoms with Crippen LogP contribution in [-0.2, 0) is 17.1 Å². The molecule has 6 nitrogen and oxygen atoms in total. The van der Waals surface area contributed by atoms with Crippen molar-refractivity contribution >= 4 is 16.7 Å². The highest BCUT2D eigenvalue weighted by molar-refractivity contribution is 6.06. The largest absolute Gasteiger partial charge is 0.357 e. The number of benzene rings is 1.